The molecule has 0 spiro atoms. The number of anilines is 1. The van der Waals surface area contributed by atoms with Gasteiger partial charge in [-0.25, -0.2) is 4.39 Å². The Morgan fingerprint density at radius 3 is 2.62 bits per heavy atom. The Labute approximate surface area is 123 Å². The first-order valence-corrected chi connectivity index (χ1v) is 6.64. The van der Waals surface area contributed by atoms with Gasteiger partial charge >= 0.3 is 6.18 Å². The van der Waals surface area contributed by atoms with Crippen LogP contribution in [0.4, 0.5) is 23.2 Å². The van der Waals surface area contributed by atoms with Crippen LogP contribution in [0.3, 0.4) is 0 Å². The highest BCUT2D eigenvalue weighted by atomic mass is 35.5. The minimum atomic E-state index is -4.39. The van der Waals surface area contributed by atoms with Crippen molar-refractivity contribution in [1.82, 2.24) is 0 Å². The standard InChI is InChI=1S/C15H10ClF4N/c16-11-5-9-6-13(21-14(9)12(17)7-11)8-2-1-3-10(4-8)15(18,19)20/h1-5,7,13,21H,6H2. The maximum absolute atomic E-state index is 13.8. The molecule has 1 nitrogen and oxygen atoms in total. The van der Waals surface area contributed by atoms with Crippen LogP contribution in [0, 0.1) is 5.82 Å². The zero-order valence-electron chi connectivity index (χ0n) is 10.6. The van der Waals surface area contributed by atoms with Crippen LogP contribution in [0.1, 0.15) is 22.7 Å². The number of benzene rings is 2. The molecule has 6 heteroatoms. The molecule has 21 heavy (non-hydrogen) atoms. The molecule has 0 bridgehead atoms. The second kappa shape index (κ2) is 4.91. The Morgan fingerprint density at radius 2 is 1.90 bits per heavy atom. The molecule has 1 aliphatic heterocycles. The van der Waals surface area contributed by atoms with Crippen LogP contribution in [0.25, 0.3) is 0 Å². The van der Waals surface area contributed by atoms with Gasteiger partial charge in [0.1, 0.15) is 5.82 Å². The molecule has 0 amide bonds. The SMILES string of the molecule is Fc1cc(Cl)cc2c1NC(c1cccc(C(F)(F)F)c1)C2. The van der Waals surface area contributed by atoms with Gasteiger partial charge in [-0.2, -0.15) is 13.2 Å². The first kappa shape index (κ1) is 14.2. The van der Waals surface area contributed by atoms with E-state index in [9.17, 15) is 17.6 Å². The zero-order valence-corrected chi connectivity index (χ0v) is 11.4. The maximum Gasteiger partial charge on any atom is 0.416 e. The zero-order chi connectivity index (χ0) is 15.2. The number of hydrogen-bond acceptors (Lipinski definition) is 1. The fourth-order valence-corrected chi connectivity index (χ4v) is 2.76. The second-order valence-corrected chi connectivity index (χ2v) is 5.38. The number of halogens is 5. The van der Waals surface area contributed by atoms with Gasteiger partial charge in [-0.3, -0.25) is 0 Å². The molecule has 3 rings (SSSR count). The first-order valence-electron chi connectivity index (χ1n) is 6.26. The minimum absolute atomic E-state index is 0.276. The van der Waals surface area contributed by atoms with E-state index >= 15 is 0 Å². The quantitative estimate of drug-likeness (QED) is 0.713. The van der Waals surface area contributed by atoms with Crippen molar-refractivity contribution in [2.24, 2.45) is 0 Å². The Morgan fingerprint density at radius 1 is 1.14 bits per heavy atom. The lowest BCUT2D eigenvalue weighted by molar-refractivity contribution is -0.137. The van der Waals surface area contributed by atoms with Crippen LogP contribution < -0.4 is 5.32 Å². The summed E-state index contributed by atoms with van der Waals surface area (Å²) in [4.78, 5) is 0. The van der Waals surface area contributed by atoms with Gasteiger partial charge in [0.25, 0.3) is 0 Å². The molecular weight excluding hydrogens is 306 g/mol. The predicted molar refractivity (Wildman–Crippen MR) is 72.9 cm³/mol. The molecule has 2 aromatic carbocycles. The van der Waals surface area contributed by atoms with Crippen molar-refractivity contribution in [3.8, 4) is 0 Å². The average Bonchev–Trinajstić information content (AvgIpc) is 2.82. The van der Waals surface area contributed by atoms with E-state index in [-0.39, 0.29) is 5.02 Å². The fourth-order valence-electron chi connectivity index (χ4n) is 2.53. The van der Waals surface area contributed by atoms with E-state index in [4.69, 9.17) is 11.6 Å². The van der Waals surface area contributed by atoms with Gasteiger partial charge in [0.2, 0.25) is 0 Å². The van der Waals surface area contributed by atoms with E-state index in [2.05, 4.69) is 5.32 Å². The number of hydrogen-bond donors (Lipinski definition) is 1. The highest BCUT2D eigenvalue weighted by Crippen LogP contribution is 2.39. The average molecular weight is 316 g/mol. The third-order valence-electron chi connectivity index (χ3n) is 3.50. The van der Waals surface area contributed by atoms with Crippen molar-refractivity contribution >= 4 is 17.3 Å². The monoisotopic (exact) mass is 315 g/mol. The van der Waals surface area contributed by atoms with Crippen LogP contribution in [0.2, 0.25) is 5.02 Å². The third-order valence-corrected chi connectivity index (χ3v) is 3.71. The lowest BCUT2D eigenvalue weighted by atomic mass is 10.0. The van der Waals surface area contributed by atoms with Gasteiger partial charge in [-0.1, -0.05) is 23.7 Å². The van der Waals surface area contributed by atoms with Crippen LogP contribution in [-0.2, 0) is 12.6 Å². The number of rotatable bonds is 1. The van der Waals surface area contributed by atoms with E-state index in [0.29, 0.717) is 23.2 Å². The normalized spacial score (nSPS) is 17.5. The van der Waals surface area contributed by atoms with E-state index in [0.717, 1.165) is 12.1 Å². The molecule has 0 saturated carbocycles. The Balaban J connectivity index is 1.93. The molecule has 0 aromatic heterocycles. The number of alkyl halides is 3. The highest BCUT2D eigenvalue weighted by Gasteiger charge is 2.32. The summed E-state index contributed by atoms with van der Waals surface area (Å²) in [5.41, 5.74) is 0.733. The summed E-state index contributed by atoms with van der Waals surface area (Å²) in [5.74, 6) is -0.494. The molecule has 0 saturated heterocycles. The molecule has 0 fully saturated rings. The van der Waals surface area contributed by atoms with Crippen molar-refractivity contribution in [2.45, 2.75) is 18.6 Å². The van der Waals surface area contributed by atoms with Gasteiger partial charge in [0.05, 0.1) is 17.3 Å². The summed E-state index contributed by atoms with van der Waals surface area (Å²) >= 11 is 5.79. The molecule has 1 aliphatic rings. The largest absolute Gasteiger partial charge is 0.416 e. The summed E-state index contributed by atoms with van der Waals surface area (Å²) in [6.07, 6.45) is -4.00. The Bertz CT molecular complexity index is 697. The summed E-state index contributed by atoms with van der Waals surface area (Å²) in [6.45, 7) is 0. The molecule has 1 atom stereocenters. The molecule has 1 heterocycles. The third kappa shape index (κ3) is 2.70. The predicted octanol–water partition coefficient (Wildman–Crippen LogP) is 5.21. The minimum Gasteiger partial charge on any atom is -0.375 e. The van der Waals surface area contributed by atoms with Gasteiger partial charge in [-0.15, -0.1) is 0 Å². The lowest BCUT2D eigenvalue weighted by Crippen LogP contribution is -2.10. The van der Waals surface area contributed by atoms with E-state index < -0.39 is 23.6 Å². The Hall–Kier alpha value is -1.75. The summed E-state index contributed by atoms with van der Waals surface area (Å²) in [5, 5.41) is 3.20. The summed E-state index contributed by atoms with van der Waals surface area (Å²) in [7, 11) is 0. The smallest absolute Gasteiger partial charge is 0.375 e. The highest BCUT2D eigenvalue weighted by molar-refractivity contribution is 6.30. The lowest BCUT2D eigenvalue weighted by Gasteiger charge is -2.14. The van der Waals surface area contributed by atoms with Crippen molar-refractivity contribution < 1.29 is 17.6 Å². The molecule has 0 aliphatic carbocycles. The van der Waals surface area contributed by atoms with Gasteiger partial charge in [-0.05, 0) is 41.8 Å². The molecule has 0 radical (unpaired) electrons. The van der Waals surface area contributed by atoms with Gasteiger partial charge in [0.15, 0.2) is 0 Å². The molecule has 1 N–H and O–H groups in total. The van der Waals surface area contributed by atoms with E-state index in [1.54, 1.807) is 12.1 Å². The molecule has 2 aromatic rings. The topological polar surface area (TPSA) is 12.0 Å². The molecule has 1 unspecified atom stereocenters. The first-order chi connectivity index (χ1) is 9.84. The number of fused-ring (bicyclic) bond motifs is 1. The van der Waals surface area contributed by atoms with Gasteiger partial charge < -0.3 is 5.32 Å². The van der Waals surface area contributed by atoms with Crippen LogP contribution in [-0.4, -0.2) is 0 Å². The van der Waals surface area contributed by atoms with Crippen molar-refractivity contribution in [1.29, 1.82) is 0 Å². The van der Waals surface area contributed by atoms with Crippen molar-refractivity contribution in [3.05, 3.63) is 63.9 Å². The van der Waals surface area contributed by atoms with Crippen LogP contribution in [0.5, 0.6) is 0 Å². The summed E-state index contributed by atoms with van der Waals surface area (Å²) in [6, 6.07) is 7.47. The van der Waals surface area contributed by atoms with Crippen LogP contribution in [0.15, 0.2) is 36.4 Å². The van der Waals surface area contributed by atoms with Gasteiger partial charge in [0, 0.05) is 5.02 Å². The maximum atomic E-state index is 13.8. The Kier molecular flexibility index (Phi) is 3.32. The van der Waals surface area contributed by atoms with E-state index in [1.165, 1.54) is 12.1 Å². The van der Waals surface area contributed by atoms with Crippen molar-refractivity contribution in [3.63, 3.8) is 0 Å². The second-order valence-electron chi connectivity index (χ2n) is 4.95. The molecule has 110 valence electrons. The van der Waals surface area contributed by atoms with Crippen LogP contribution >= 0.6 is 11.6 Å². The number of nitrogens with one attached hydrogen (secondary N) is 1. The molecular formula is C15H10ClF4N. The summed E-state index contributed by atoms with van der Waals surface area (Å²) < 4.78 is 52.0. The van der Waals surface area contributed by atoms with E-state index in [1.807, 2.05) is 0 Å². The fraction of sp³-hybridized carbons (Fsp3) is 0.200. The van der Waals surface area contributed by atoms with Crippen molar-refractivity contribution in [2.75, 3.05) is 5.32 Å².